The van der Waals surface area contributed by atoms with Crippen molar-refractivity contribution >= 4 is 0 Å². The van der Waals surface area contributed by atoms with Crippen molar-refractivity contribution in [2.75, 3.05) is 6.61 Å². The molecule has 0 spiro atoms. The van der Waals surface area contributed by atoms with Crippen molar-refractivity contribution < 1.29 is 4.74 Å². The van der Waals surface area contributed by atoms with Gasteiger partial charge >= 0.3 is 0 Å². The van der Waals surface area contributed by atoms with Gasteiger partial charge in [0.15, 0.2) is 0 Å². The third-order valence-corrected chi connectivity index (χ3v) is 3.84. The second-order valence-corrected chi connectivity index (χ2v) is 6.60. The van der Waals surface area contributed by atoms with Crippen LogP contribution in [0.25, 0.3) is 0 Å². The fourth-order valence-corrected chi connectivity index (χ4v) is 2.21. The summed E-state index contributed by atoms with van der Waals surface area (Å²) in [5.41, 5.74) is 1.07. The molecule has 0 amide bonds. The summed E-state index contributed by atoms with van der Waals surface area (Å²) >= 11 is 0. The van der Waals surface area contributed by atoms with Gasteiger partial charge in [0.1, 0.15) is 5.75 Å². The van der Waals surface area contributed by atoms with Crippen molar-refractivity contribution in [2.45, 2.75) is 58.5 Å². The fraction of sp³-hybridized carbons (Fsp3) is 0.611. The number of hydrogen-bond acceptors (Lipinski definition) is 3. The molecule has 0 bridgehead atoms. The van der Waals surface area contributed by atoms with Crippen LogP contribution in [-0.2, 0) is 6.54 Å². The van der Waals surface area contributed by atoms with Gasteiger partial charge in [0, 0.05) is 12.6 Å². The van der Waals surface area contributed by atoms with Crippen molar-refractivity contribution in [3.05, 3.63) is 29.8 Å². The average molecular weight is 286 g/mol. The first-order valence-electron chi connectivity index (χ1n) is 7.95. The standard InChI is InChI=1S/C18H26N2O/c1-18(2,14-19)10-3-4-11-21-17-7-5-6-15(12-17)13-20-16-8-9-16/h5-7,12,16,20H,3-4,8-11,13H2,1-2H3. The topological polar surface area (TPSA) is 45.0 Å². The highest BCUT2D eigenvalue weighted by Crippen LogP contribution is 2.22. The summed E-state index contributed by atoms with van der Waals surface area (Å²) < 4.78 is 5.81. The molecule has 0 aliphatic heterocycles. The molecule has 0 radical (unpaired) electrons. The molecule has 1 aliphatic carbocycles. The van der Waals surface area contributed by atoms with Gasteiger partial charge in [-0.1, -0.05) is 12.1 Å². The molecule has 3 heteroatoms. The predicted molar refractivity (Wildman–Crippen MR) is 85.0 cm³/mol. The summed E-state index contributed by atoms with van der Waals surface area (Å²) in [6, 6.07) is 11.4. The third kappa shape index (κ3) is 6.18. The van der Waals surface area contributed by atoms with Crippen LogP contribution in [0, 0.1) is 16.7 Å². The maximum Gasteiger partial charge on any atom is 0.119 e. The Bertz CT molecular complexity index is 486. The van der Waals surface area contributed by atoms with Crippen molar-refractivity contribution in [3.8, 4) is 11.8 Å². The van der Waals surface area contributed by atoms with E-state index in [-0.39, 0.29) is 5.41 Å². The molecule has 1 saturated carbocycles. The van der Waals surface area contributed by atoms with E-state index < -0.39 is 0 Å². The van der Waals surface area contributed by atoms with Crippen molar-refractivity contribution in [1.29, 1.82) is 5.26 Å². The minimum atomic E-state index is -0.214. The zero-order chi connectivity index (χ0) is 15.1. The fourth-order valence-electron chi connectivity index (χ4n) is 2.21. The molecule has 1 aromatic carbocycles. The van der Waals surface area contributed by atoms with E-state index in [9.17, 15) is 0 Å². The molecule has 0 atom stereocenters. The maximum atomic E-state index is 8.97. The van der Waals surface area contributed by atoms with Crippen LogP contribution in [0.5, 0.6) is 5.75 Å². The summed E-state index contributed by atoms with van der Waals surface area (Å²) in [5, 5.41) is 12.5. The summed E-state index contributed by atoms with van der Waals surface area (Å²) in [6.07, 6.45) is 5.59. The number of nitrogens with one attached hydrogen (secondary N) is 1. The van der Waals surface area contributed by atoms with Gasteiger partial charge in [-0.05, 0) is 63.6 Å². The normalized spacial score (nSPS) is 14.7. The van der Waals surface area contributed by atoms with Gasteiger partial charge in [0.2, 0.25) is 0 Å². The molecule has 0 aromatic heterocycles. The average Bonchev–Trinajstić information content (AvgIpc) is 3.29. The van der Waals surface area contributed by atoms with Gasteiger partial charge in [-0.2, -0.15) is 5.26 Å². The lowest BCUT2D eigenvalue weighted by atomic mass is 9.89. The largest absolute Gasteiger partial charge is 0.494 e. The smallest absolute Gasteiger partial charge is 0.119 e. The van der Waals surface area contributed by atoms with Gasteiger partial charge < -0.3 is 10.1 Å². The van der Waals surface area contributed by atoms with E-state index in [1.807, 2.05) is 19.9 Å². The number of nitrogens with zero attached hydrogens (tertiary/aromatic N) is 1. The minimum absolute atomic E-state index is 0.214. The second-order valence-electron chi connectivity index (χ2n) is 6.60. The van der Waals surface area contributed by atoms with Gasteiger partial charge in [0.05, 0.1) is 18.1 Å². The summed E-state index contributed by atoms with van der Waals surface area (Å²) in [7, 11) is 0. The van der Waals surface area contributed by atoms with Crippen LogP contribution in [0.15, 0.2) is 24.3 Å². The molecule has 3 nitrogen and oxygen atoms in total. The Balaban J connectivity index is 1.65. The Morgan fingerprint density at radius 1 is 1.33 bits per heavy atom. The molecule has 0 unspecified atom stereocenters. The third-order valence-electron chi connectivity index (χ3n) is 3.84. The van der Waals surface area contributed by atoms with Gasteiger partial charge in [-0.15, -0.1) is 0 Å². The Kier molecular flexibility index (Phi) is 5.64. The second kappa shape index (κ2) is 7.47. The maximum absolute atomic E-state index is 8.97. The van der Waals surface area contributed by atoms with E-state index in [0.717, 1.165) is 44.2 Å². The molecular formula is C18H26N2O. The number of hydrogen-bond donors (Lipinski definition) is 1. The van der Waals surface area contributed by atoms with Crippen molar-refractivity contribution in [3.63, 3.8) is 0 Å². The lowest BCUT2D eigenvalue weighted by Gasteiger charge is -2.14. The summed E-state index contributed by atoms with van der Waals surface area (Å²) in [5.74, 6) is 0.949. The number of rotatable bonds is 9. The van der Waals surface area contributed by atoms with Crippen LogP contribution >= 0.6 is 0 Å². The molecular weight excluding hydrogens is 260 g/mol. The van der Waals surface area contributed by atoms with E-state index in [4.69, 9.17) is 10.00 Å². The molecule has 1 fully saturated rings. The monoisotopic (exact) mass is 286 g/mol. The molecule has 114 valence electrons. The lowest BCUT2D eigenvalue weighted by molar-refractivity contribution is 0.294. The number of unbranched alkanes of at least 4 members (excludes halogenated alkanes) is 1. The Hall–Kier alpha value is -1.53. The summed E-state index contributed by atoms with van der Waals surface area (Å²) in [6.45, 7) is 5.63. The number of ether oxygens (including phenoxy) is 1. The molecule has 0 saturated heterocycles. The van der Waals surface area contributed by atoms with Gasteiger partial charge in [-0.3, -0.25) is 0 Å². The molecule has 1 N–H and O–H groups in total. The quantitative estimate of drug-likeness (QED) is 0.697. The first-order chi connectivity index (χ1) is 10.1. The van der Waals surface area contributed by atoms with Crippen molar-refractivity contribution in [1.82, 2.24) is 5.32 Å². The first-order valence-corrected chi connectivity index (χ1v) is 7.95. The Labute approximate surface area is 128 Å². The highest BCUT2D eigenvalue weighted by atomic mass is 16.5. The lowest BCUT2D eigenvalue weighted by Crippen LogP contribution is -2.15. The zero-order valence-electron chi connectivity index (χ0n) is 13.2. The number of benzene rings is 1. The molecule has 0 heterocycles. The minimum Gasteiger partial charge on any atom is -0.494 e. The Morgan fingerprint density at radius 3 is 2.86 bits per heavy atom. The van der Waals surface area contributed by atoms with Crippen LogP contribution in [0.4, 0.5) is 0 Å². The molecule has 1 aromatic rings. The van der Waals surface area contributed by atoms with E-state index in [0.29, 0.717) is 0 Å². The first kappa shape index (κ1) is 15.9. The van der Waals surface area contributed by atoms with Crippen LogP contribution in [0.3, 0.4) is 0 Å². The van der Waals surface area contributed by atoms with Crippen LogP contribution in [-0.4, -0.2) is 12.6 Å². The SMILES string of the molecule is CC(C)(C#N)CCCCOc1cccc(CNC2CC2)c1. The predicted octanol–water partition coefficient (Wildman–Crippen LogP) is 4.04. The summed E-state index contributed by atoms with van der Waals surface area (Å²) in [4.78, 5) is 0. The van der Waals surface area contributed by atoms with Gasteiger partial charge in [0.25, 0.3) is 0 Å². The molecule has 2 rings (SSSR count). The van der Waals surface area contributed by atoms with Crippen LogP contribution in [0.1, 0.15) is 51.5 Å². The highest BCUT2D eigenvalue weighted by molar-refractivity contribution is 5.28. The molecule has 21 heavy (non-hydrogen) atoms. The number of nitriles is 1. The highest BCUT2D eigenvalue weighted by Gasteiger charge is 2.19. The Morgan fingerprint density at radius 2 is 2.14 bits per heavy atom. The van der Waals surface area contributed by atoms with Crippen LogP contribution in [0.2, 0.25) is 0 Å². The van der Waals surface area contributed by atoms with E-state index in [1.165, 1.54) is 18.4 Å². The van der Waals surface area contributed by atoms with Crippen LogP contribution < -0.4 is 10.1 Å². The van der Waals surface area contributed by atoms with E-state index >= 15 is 0 Å². The van der Waals surface area contributed by atoms with E-state index in [1.54, 1.807) is 0 Å². The van der Waals surface area contributed by atoms with E-state index in [2.05, 4.69) is 29.6 Å². The van der Waals surface area contributed by atoms with Gasteiger partial charge in [-0.25, -0.2) is 0 Å². The van der Waals surface area contributed by atoms with Crippen molar-refractivity contribution in [2.24, 2.45) is 5.41 Å². The molecule has 1 aliphatic rings. The zero-order valence-corrected chi connectivity index (χ0v) is 13.2.